The molecule has 1 aliphatic rings. The van der Waals surface area contributed by atoms with Gasteiger partial charge in [0.1, 0.15) is 5.84 Å². The summed E-state index contributed by atoms with van der Waals surface area (Å²) in [4.78, 5) is 2.35. The Morgan fingerprint density at radius 2 is 1.71 bits per heavy atom. The van der Waals surface area contributed by atoms with Gasteiger partial charge >= 0.3 is 0 Å². The summed E-state index contributed by atoms with van der Waals surface area (Å²) in [6.45, 7) is 7.99. The number of ether oxygens (including phenoxy) is 3. The molecule has 7 nitrogen and oxygen atoms in total. The molecule has 0 aromatic carbocycles. The molecule has 0 aromatic heterocycles. The van der Waals surface area contributed by atoms with E-state index in [4.69, 9.17) is 25.2 Å². The maximum atomic E-state index is 8.81. The van der Waals surface area contributed by atoms with Gasteiger partial charge in [0.05, 0.1) is 33.0 Å². The minimum absolute atomic E-state index is 0.179. The fourth-order valence-electron chi connectivity index (χ4n) is 2.30. The topological polar surface area (TPSA) is 89.5 Å². The molecule has 7 heteroatoms. The largest absolute Gasteiger partial charge is 0.409 e. The van der Waals surface area contributed by atoms with Crippen molar-refractivity contribution in [2.75, 3.05) is 59.8 Å². The molecule has 1 aliphatic heterocycles. The zero-order valence-corrected chi connectivity index (χ0v) is 13.2. The molecular weight excluding hydrogens is 274 g/mol. The fraction of sp³-hybridized carbons (Fsp3) is 0.929. The third-order valence-corrected chi connectivity index (χ3v) is 4.04. The third-order valence-electron chi connectivity index (χ3n) is 4.04. The zero-order valence-electron chi connectivity index (χ0n) is 13.2. The number of piperidine rings is 1. The second-order valence-corrected chi connectivity index (χ2v) is 5.61. The van der Waals surface area contributed by atoms with E-state index in [-0.39, 0.29) is 5.41 Å². The summed E-state index contributed by atoms with van der Waals surface area (Å²) in [6, 6.07) is 0. The Morgan fingerprint density at radius 3 is 2.29 bits per heavy atom. The van der Waals surface area contributed by atoms with Crippen molar-refractivity contribution in [2.45, 2.75) is 19.8 Å². The molecule has 0 saturated carbocycles. The molecule has 1 saturated heterocycles. The van der Waals surface area contributed by atoms with Crippen LogP contribution in [0.2, 0.25) is 0 Å². The summed E-state index contributed by atoms with van der Waals surface area (Å²) in [5.41, 5.74) is 5.57. The maximum absolute atomic E-state index is 8.81. The molecule has 0 amide bonds. The highest BCUT2D eigenvalue weighted by Crippen LogP contribution is 2.30. The second-order valence-electron chi connectivity index (χ2n) is 5.61. The smallest absolute Gasteiger partial charge is 0.145 e. The van der Waals surface area contributed by atoms with Crippen LogP contribution in [0.15, 0.2) is 5.16 Å². The average Bonchev–Trinajstić information content (AvgIpc) is 2.51. The lowest BCUT2D eigenvalue weighted by atomic mass is 9.79. The Labute approximate surface area is 127 Å². The van der Waals surface area contributed by atoms with Gasteiger partial charge in [0, 0.05) is 19.1 Å². The summed E-state index contributed by atoms with van der Waals surface area (Å²) in [5.74, 6) is 0.339. The SMILES string of the molecule is COCCOCCOCCN1CCC(C)(C(N)=NO)CC1. The minimum atomic E-state index is -0.179. The molecule has 1 heterocycles. The first-order valence-electron chi connectivity index (χ1n) is 7.47. The molecular formula is C14H29N3O4. The van der Waals surface area contributed by atoms with Crippen LogP contribution in [0, 0.1) is 5.41 Å². The number of methoxy groups -OCH3 is 1. The predicted octanol–water partition coefficient (Wildman–Crippen LogP) is 0.515. The van der Waals surface area contributed by atoms with Crippen molar-refractivity contribution in [3.05, 3.63) is 0 Å². The highest BCUT2D eigenvalue weighted by Gasteiger charge is 2.33. The number of oxime groups is 1. The van der Waals surface area contributed by atoms with Crippen molar-refractivity contribution < 1.29 is 19.4 Å². The molecule has 1 fully saturated rings. The summed E-state index contributed by atoms with van der Waals surface area (Å²) in [6.07, 6.45) is 1.81. The van der Waals surface area contributed by atoms with Crippen LogP contribution in [0.5, 0.6) is 0 Å². The van der Waals surface area contributed by atoms with E-state index in [1.807, 2.05) is 6.92 Å². The van der Waals surface area contributed by atoms with Crippen LogP contribution in [0.25, 0.3) is 0 Å². The van der Waals surface area contributed by atoms with E-state index in [2.05, 4.69) is 10.1 Å². The van der Waals surface area contributed by atoms with E-state index in [9.17, 15) is 0 Å². The Bertz CT molecular complexity index is 305. The highest BCUT2D eigenvalue weighted by atomic mass is 16.5. The van der Waals surface area contributed by atoms with Crippen molar-refractivity contribution in [3.8, 4) is 0 Å². The van der Waals surface area contributed by atoms with Crippen LogP contribution >= 0.6 is 0 Å². The number of rotatable bonds is 10. The summed E-state index contributed by atoms with van der Waals surface area (Å²) >= 11 is 0. The summed E-state index contributed by atoms with van der Waals surface area (Å²) < 4.78 is 15.7. The number of nitrogens with zero attached hydrogens (tertiary/aromatic N) is 2. The zero-order chi connectivity index (χ0) is 15.6. The number of nitrogens with two attached hydrogens (primary N) is 1. The van der Waals surface area contributed by atoms with Crippen LogP contribution in [-0.2, 0) is 14.2 Å². The monoisotopic (exact) mass is 303 g/mol. The van der Waals surface area contributed by atoms with Crippen LogP contribution in [0.3, 0.4) is 0 Å². The normalized spacial score (nSPS) is 19.8. The Hall–Kier alpha value is -0.890. The molecule has 0 atom stereocenters. The molecule has 0 bridgehead atoms. The first kappa shape index (κ1) is 18.2. The molecule has 0 spiro atoms. The van der Waals surface area contributed by atoms with E-state index in [1.54, 1.807) is 7.11 Å². The van der Waals surface area contributed by atoms with Crippen molar-refractivity contribution in [3.63, 3.8) is 0 Å². The Morgan fingerprint density at radius 1 is 1.14 bits per heavy atom. The summed E-state index contributed by atoms with van der Waals surface area (Å²) in [5, 5.41) is 12.0. The van der Waals surface area contributed by atoms with Crippen LogP contribution in [0.4, 0.5) is 0 Å². The third kappa shape index (κ3) is 6.60. The standard InChI is InChI=1S/C14H29N3O4/c1-14(13(15)16-18)3-5-17(6-4-14)7-8-20-11-12-21-10-9-19-2/h18H,3-12H2,1-2H3,(H2,15,16). The fourth-order valence-corrected chi connectivity index (χ4v) is 2.30. The average molecular weight is 303 g/mol. The van der Waals surface area contributed by atoms with Gasteiger partial charge in [0.15, 0.2) is 0 Å². The van der Waals surface area contributed by atoms with Gasteiger partial charge in [-0.15, -0.1) is 0 Å². The van der Waals surface area contributed by atoms with E-state index >= 15 is 0 Å². The lowest BCUT2D eigenvalue weighted by molar-refractivity contribution is 0.0165. The molecule has 0 radical (unpaired) electrons. The van der Waals surface area contributed by atoms with Crippen molar-refractivity contribution in [1.29, 1.82) is 0 Å². The van der Waals surface area contributed by atoms with Gasteiger partial charge in [-0.1, -0.05) is 12.1 Å². The molecule has 3 N–H and O–H groups in total. The van der Waals surface area contributed by atoms with Crippen LogP contribution < -0.4 is 5.73 Å². The number of amidine groups is 1. The quantitative estimate of drug-likeness (QED) is 0.201. The van der Waals surface area contributed by atoms with Gasteiger partial charge in [-0.3, -0.25) is 0 Å². The molecule has 21 heavy (non-hydrogen) atoms. The molecule has 124 valence electrons. The Kier molecular flexibility index (Phi) is 8.60. The number of hydrogen-bond donors (Lipinski definition) is 2. The van der Waals surface area contributed by atoms with E-state index < -0.39 is 0 Å². The minimum Gasteiger partial charge on any atom is -0.409 e. The second kappa shape index (κ2) is 9.94. The molecule has 0 aromatic rings. The predicted molar refractivity (Wildman–Crippen MR) is 80.7 cm³/mol. The lowest BCUT2D eigenvalue weighted by Crippen LogP contribution is -2.46. The summed E-state index contributed by atoms with van der Waals surface area (Å²) in [7, 11) is 1.66. The van der Waals surface area contributed by atoms with Gasteiger partial charge in [-0.25, -0.2) is 0 Å². The first-order valence-corrected chi connectivity index (χ1v) is 7.47. The van der Waals surface area contributed by atoms with E-state index in [0.717, 1.165) is 32.5 Å². The lowest BCUT2D eigenvalue weighted by Gasteiger charge is -2.38. The molecule has 0 aliphatic carbocycles. The van der Waals surface area contributed by atoms with Gasteiger partial charge in [0.25, 0.3) is 0 Å². The van der Waals surface area contributed by atoms with Crippen LogP contribution in [-0.4, -0.2) is 75.7 Å². The Balaban J connectivity index is 2.03. The van der Waals surface area contributed by atoms with Gasteiger partial charge in [0.2, 0.25) is 0 Å². The van der Waals surface area contributed by atoms with Gasteiger partial charge in [-0.2, -0.15) is 0 Å². The van der Waals surface area contributed by atoms with Crippen molar-refractivity contribution in [2.24, 2.45) is 16.3 Å². The highest BCUT2D eigenvalue weighted by molar-refractivity contribution is 5.85. The van der Waals surface area contributed by atoms with E-state index in [1.165, 1.54) is 0 Å². The number of likely N-dealkylation sites (tertiary alicyclic amines) is 1. The van der Waals surface area contributed by atoms with Crippen LogP contribution in [0.1, 0.15) is 19.8 Å². The maximum Gasteiger partial charge on any atom is 0.145 e. The van der Waals surface area contributed by atoms with Crippen molar-refractivity contribution in [1.82, 2.24) is 4.90 Å². The van der Waals surface area contributed by atoms with Gasteiger partial charge in [-0.05, 0) is 25.9 Å². The van der Waals surface area contributed by atoms with Gasteiger partial charge < -0.3 is 30.1 Å². The first-order chi connectivity index (χ1) is 10.1. The van der Waals surface area contributed by atoms with E-state index in [0.29, 0.717) is 38.9 Å². The molecule has 1 rings (SSSR count). The van der Waals surface area contributed by atoms with Crippen molar-refractivity contribution >= 4 is 5.84 Å². The molecule has 0 unspecified atom stereocenters. The number of hydrogen-bond acceptors (Lipinski definition) is 6.